The summed E-state index contributed by atoms with van der Waals surface area (Å²) in [6, 6.07) is 4.65. The Morgan fingerprint density at radius 1 is 1.33 bits per heavy atom. The highest BCUT2D eigenvalue weighted by Crippen LogP contribution is 2.35. The molecule has 0 saturated heterocycles. The zero-order chi connectivity index (χ0) is 13.3. The van der Waals surface area contributed by atoms with E-state index in [0.29, 0.717) is 15.9 Å². The van der Waals surface area contributed by atoms with Gasteiger partial charge in [-0.2, -0.15) is 0 Å². The first-order valence-electron chi connectivity index (χ1n) is 4.88. The summed E-state index contributed by atoms with van der Waals surface area (Å²) < 4.78 is 5.06. The molecule has 18 heavy (non-hydrogen) atoms. The molecule has 0 spiro atoms. The van der Waals surface area contributed by atoms with E-state index in [1.165, 1.54) is 6.07 Å². The minimum Gasteiger partial charge on any atom is -0.425 e. The molecule has 1 heterocycles. The number of ether oxygens (including phenoxy) is 1. The number of carbonyl (C=O) groups excluding carboxylic acids is 1. The summed E-state index contributed by atoms with van der Waals surface area (Å²) in [6.45, 7) is -0.233. The van der Waals surface area contributed by atoms with Crippen LogP contribution in [0.5, 0.6) is 5.75 Å². The summed E-state index contributed by atoms with van der Waals surface area (Å²) in [5.41, 5.74) is 5.56. The molecule has 0 amide bonds. The molecule has 0 unspecified atom stereocenters. The highest BCUT2D eigenvalue weighted by atomic mass is 35.5. The van der Waals surface area contributed by atoms with Gasteiger partial charge in [0.05, 0.1) is 22.1 Å². The Morgan fingerprint density at radius 3 is 2.72 bits per heavy atom. The number of nitrogens with two attached hydrogens (primary N) is 1. The maximum atomic E-state index is 11.2. The molecule has 0 saturated carbocycles. The van der Waals surface area contributed by atoms with Crippen LogP contribution in [0, 0.1) is 0 Å². The fourth-order valence-corrected chi connectivity index (χ4v) is 1.96. The van der Waals surface area contributed by atoms with E-state index in [2.05, 4.69) is 4.98 Å². The zero-order valence-electron chi connectivity index (χ0n) is 8.91. The third-order valence-electron chi connectivity index (χ3n) is 2.19. The SMILES string of the molecule is NCC(=O)Oc1cc(Cl)nc2c(Cl)c(Cl)ccc12. The Hall–Kier alpha value is -1.07. The molecule has 4 nitrogen and oxygen atoms in total. The summed E-state index contributed by atoms with van der Waals surface area (Å²) in [5, 5.41) is 1.28. The van der Waals surface area contributed by atoms with Crippen molar-refractivity contribution >= 4 is 51.7 Å². The molecule has 0 bridgehead atoms. The van der Waals surface area contributed by atoms with Gasteiger partial charge >= 0.3 is 5.97 Å². The van der Waals surface area contributed by atoms with Crippen molar-refractivity contribution in [2.45, 2.75) is 0 Å². The van der Waals surface area contributed by atoms with Crippen LogP contribution in [0.2, 0.25) is 15.2 Å². The second kappa shape index (κ2) is 5.28. The van der Waals surface area contributed by atoms with E-state index in [4.69, 9.17) is 45.3 Å². The first-order valence-corrected chi connectivity index (χ1v) is 6.01. The van der Waals surface area contributed by atoms with Gasteiger partial charge in [-0.1, -0.05) is 34.8 Å². The molecule has 2 rings (SSSR count). The average Bonchev–Trinajstić information content (AvgIpc) is 2.34. The molecular weight excluding hydrogens is 298 g/mol. The van der Waals surface area contributed by atoms with Crippen LogP contribution in [0.4, 0.5) is 0 Å². The zero-order valence-corrected chi connectivity index (χ0v) is 11.2. The molecule has 0 aliphatic carbocycles. The van der Waals surface area contributed by atoms with E-state index in [-0.39, 0.29) is 22.5 Å². The predicted octanol–water partition coefficient (Wildman–Crippen LogP) is 3.06. The molecule has 2 aromatic rings. The van der Waals surface area contributed by atoms with Crippen molar-refractivity contribution in [3.8, 4) is 5.75 Å². The van der Waals surface area contributed by atoms with E-state index in [1.54, 1.807) is 12.1 Å². The van der Waals surface area contributed by atoms with Crippen LogP contribution in [-0.2, 0) is 4.79 Å². The Labute approximate surface area is 118 Å². The van der Waals surface area contributed by atoms with Gasteiger partial charge < -0.3 is 10.5 Å². The second-order valence-corrected chi connectivity index (χ2v) is 4.55. The number of esters is 1. The number of carbonyl (C=O) groups is 1. The summed E-state index contributed by atoms with van der Waals surface area (Å²) in [6.07, 6.45) is 0. The first kappa shape index (κ1) is 13.4. The summed E-state index contributed by atoms with van der Waals surface area (Å²) in [5.74, 6) is -0.330. The van der Waals surface area contributed by atoms with Gasteiger partial charge in [-0.15, -0.1) is 0 Å². The Balaban J connectivity index is 2.66. The number of hydrogen-bond donors (Lipinski definition) is 1. The summed E-state index contributed by atoms with van der Waals surface area (Å²) in [4.78, 5) is 15.3. The van der Waals surface area contributed by atoms with Gasteiger partial charge in [-0.3, -0.25) is 4.79 Å². The van der Waals surface area contributed by atoms with Crippen LogP contribution >= 0.6 is 34.8 Å². The number of rotatable bonds is 2. The molecule has 2 N–H and O–H groups in total. The fraction of sp³-hybridized carbons (Fsp3) is 0.0909. The number of nitrogens with zero attached hydrogens (tertiary/aromatic N) is 1. The molecule has 0 aliphatic heterocycles. The van der Waals surface area contributed by atoms with E-state index in [1.807, 2.05) is 0 Å². The molecule has 94 valence electrons. The highest BCUT2D eigenvalue weighted by Gasteiger charge is 2.13. The Morgan fingerprint density at radius 2 is 2.06 bits per heavy atom. The quantitative estimate of drug-likeness (QED) is 0.684. The van der Waals surface area contributed by atoms with Crippen molar-refractivity contribution in [1.82, 2.24) is 4.98 Å². The summed E-state index contributed by atoms with van der Waals surface area (Å²) in [7, 11) is 0. The fourth-order valence-electron chi connectivity index (χ4n) is 1.42. The van der Waals surface area contributed by atoms with Gasteiger partial charge in [-0.25, -0.2) is 4.98 Å². The maximum absolute atomic E-state index is 11.2. The largest absolute Gasteiger partial charge is 0.425 e. The third-order valence-corrected chi connectivity index (χ3v) is 3.18. The average molecular weight is 306 g/mol. The lowest BCUT2D eigenvalue weighted by Crippen LogP contribution is -2.19. The molecule has 1 aromatic heterocycles. The molecular formula is C11H7Cl3N2O2. The monoisotopic (exact) mass is 304 g/mol. The standard InChI is InChI=1S/C11H7Cl3N2O2/c12-6-2-1-5-7(18-9(17)4-15)3-8(13)16-11(5)10(6)14/h1-3H,4,15H2. The van der Waals surface area contributed by atoms with E-state index in [0.717, 1.165) is 0 Å². The van der Waals surface area contributed by atoms with Crippen LogP contribution in [-0.4, -0.2) is 17.5 Å². The molecule has 0 aliphatic rings. The van der Waals surface area contributed by atoms with Gasteiger partial charge in [0.1, 0.15) is 10.9 Å². The van der Waals surface area contributed by atoms with Gasteiger partial charge in [0.15, 0.2) is 0 Å². The van der Waals surface area contributed by atoms with Gasteiger partial charge in [0, 0.05) is 11.5 Å². The Kier molecular flexibility index (Phi) is 3.92. The molecule has 0 radical (unpaired) electrons. The number of halogens is 3. The maximum Gasteiger partial charge on any atom is 0.325 e. The molecule has 7 heteroatoms. The number of hydrogen-bond acceptors (Lipinski definition) is 4. The van der Waals surface area contributed by atoms with Crippen LogP contribution in [0.1, 0.15) is 0 Å². The van der Waals surface area contributed by atoms with Gasteiger partial charge in [0.2, 0.25) is 0 Å². The van der Waals surface area contributed by atoms with Gasteiger partial charge in [-0.05, 0) is 12.1 Å². The second-order valence-electron chi connectivity index (χ2n) is 3.38. The van der Waals surface area contributed by atoms with Crippen molar-refractivity contribution in [3.05, 3.63) is 33.4 Å². The number of benzene rings is 1. The van der Waals surface area contributed by atoms with E-state index < -0.39 is 5.97 Å². The van der Waals surface area contributed by atoms with Crippen LogP contribution < -0.4 is 10.5 Å². The van der Waals surface area contributed by atoms with Crippen LogP contribution in [0.3, 0.4) is 0 Å². The normalized spacial score (nSPS) is 10.7. The molecule has 0 atom stereocenters. The lowest BCUT2D eigenvalue weighted by atomic mass is 10.2. The number of aromatic nitrogens is 1. The van der Waals surface area contributed by atoms with E-state index in [9.17, 15) is 4.79 Å². The minimum atomic E-state index is -0.579. The summed E-state index contributed by atoms with van der Waals surface area (Å²) >= 11 is 17.7. The lowest BCUT2D eigenvalue weighted by molar-refractivity contribution is -0.132. The van der Waals surface area contributed by atoms with Gasteiger partial charge in [0.25, 0.3) is 0 Å². The van der Waals surface area contributed by atoms with Crippen LogP contribution in [0.15, 0.2) is 18.2 Å². The number of fused-ring (bicyclic) bond motifs is 1. The van der Waals surface area contributed by atoms with E-state index >= 15 is 0 Å². The minimum absolute atomic E-state index is 0.145. The lowest BCUT2D eigenvalue weighted by Gasteiger charge is -2.08. The highest BCUT2D eigenvalue weighted by molar-refractivity contribution is 6.45. The first-order chi connectivity index (χ1) is 8.52. The Bertz CT molecular complexity index is 631. The van der Waals surface area contributed by atoms with Crippen LogP contribution in [0.25, 0.3) is 10.9 Å². The predicted molar refractivity (Wildman–Crippen MR) is 71.5 cm³/mol. The topological polar surface area (TPSA) is 65.2 Å². The van der Waals surface area contributed by atoms with Crippen molar-refractivity contribution in [2.24, 2.45) is 5.73 Å². The number of pyridine rings is 1. The smallest absolute Gasteiger partial charge is 0.325 e. The van der Waals surface area contributed by atoms with Crippen molar-refractivity contribution in [1.29, 1.82) is 0 Å². The molecule has 0 fully saturated rings. The van der Waals surface area contributed by atoms with Crippen molar-refractivity contribution in [2.75, 3.05) is 6.54 Å². The van der Waals surface area contributed by atoms with Crippen molar-refractivity contribution in [3.63, 3.8) is 0 Å². The van der Waals surface area contributed by atoms with Crippen molar-refractivity contribution < 1.29 is 9.53 Å². The third kappa shape index (κ3) is 2.52. The molecule has 1 aromatic carbocycles.